The molecule has 3 aliphatic rings. The van der Waals surface area contributed by atoms with Gasteiger partial charge in [0.05, 0.1) is 0 Å². The van der Waals surface area contributed by atoms with E-state index in [-0.39, 0.29) is 0 Å². The van der Waals surface area contributed by atoms with Crippen molar-refractivity contribution in [3.05, 3.63) is 17.1 Å². The molecule has 0 N–H and O–H groups in total. The van der Waals surface area contributed by atoms with Crippen LogP contribution in [0.25, 0.3) is 0 Å². The lowest BCUT2D eigenvalue weighted by molar-refractivity contribution is -0.131. The van der Waals surface area contributed by atoms with E-state index in [1.807, 2.05) is 6.92 Å². The van der Waals surface area contributed by atoms with Crippen molar-refractivity contribution in [1.29, 1.82) is 0 Å². The van der Waals surface area contributed by atoms with Crippen molar-refractivity contribution in [2.45, 2.75) is 46.5 Å². The number of amides is 1. The number of aryl methyl sites for hydroxylation is 2. The predicted octanol–water partition coefficient (Wildman–Crippen LogP) is 2.21. The predicted molar refractivity (Wildman–Crippen MR) is 94.0 cm³/mol. The van der Waals surface area contributed by atoms with E-state index in [1.165, 1.54) is 23.5 Å². The van der Waals surface area contributed by atoms with Crippen LogP contribution in [-0.4, -0.2) is 47.0 Å². The average Bonchev–Trinajstić information content (AvgIpc) is 3.18. The van der Waals surface area contributed by atoms with Crippen molar-refractivity contribution in [3.63, 3.8) is 0 Å². The standard InChI is InChI=1S/C19H28N4O/c1-12(2)7-18(24)22-8-14-10-23(11-15(14)9-22)19-16-5-4-6-17(16)20-13(3)21-19/h12,14-15H,4-11H2,1-3H3. The Hall–Kier alpha value is -1.65. The maximum absolute atomic E-state index is 12.3. The zero-order valence-electron chi connectivity index (χ0n) is 15.1. The molecule has 3 heterocycles. The first-order chi connectivity index (χ1) is 11.5. The molecule has 2 atom stereocenters. The number of hydrogen-bond acceptors (Lipinski definition) is 4. The molecule has 1 aliphatic carbocycles. The van der Waals surface area contributed by atoms with Gasteiger partial charge in [0.1, 0.15) is 11.6 Å². The van der Waals surface area contributed by atoms with Gasteiger partial charge in [-0.1, -0.05) is 13.8 Å². The molecule has 5 nitrogen and oxygen atoms in total. The molecule has 5 heteroatoms. The number of likely N-dealkylation sites (tertiary alicyclic amines) is 1. The Morgan fingerprint density at radius 2 is 1.83 bits per heavy atom. The van der Waals surface area contributed by atoms with E-state index in [4.69, 9.17) is 4.98 Å². The maximum Gasteiger partial charge on any atom is 0.222 e. The lowest BCUT2D eigenvalue weighted by Gasteiger charge is -2.24. The van der Waals surface area contributed by atoms with Crippen molar-refractivity contribution < 1.29 is 4.79 Å². The highest BCUT2D eigenvalue weighted by atomic mass is 16.2. The van der Waals surface area contributed by atoms with E-state index < -0.39 is 0 Å². The van der Waals surface area contributed by atoms with E-state index in [0.717, 1.165) is 44.8 Å². The Kier molecular flexibility index (Phi) is 3.97. The second-order valence-corrected chi connectivity index (χ2v) is 8.20. The van der Waals surface area contributed by atoms with E-state index in [9.17, 15) is 4.79 Å². The van der Waals surface area contributed by atoms with Gasteiger partial charge in [0, 0.05) is 55.7 Å². The molecule has 2 fully saturated rings. The molecule has 1 amide bonds. The topological polar surface area (TPSA) is 49.3 Å². The fraction of sp³-hybridized carbons (Fsp3) is 0.737. The lowest BCUT2D eigenvalue weighted by atomic mass is 10.0. The summed E-state index contributed by atoms with van der Waals surface area (Å²) in [7, 11) is 0. The number of aromatic nitrogens is 2. The molecule has 0 aromatic carbocycles. The zero-order valence-corrected chi connectivity index (χ0v) is 15.1. The van der Waals surface area contributed by atoms with Gasteiger partial charge < -0.3 is 9.80 Å². The van der Waals surface area contributed by atoms with E-state index in [0.29, 0.717) is 30.1 Å². The van der Waals surface area contributed by atoms with Crippen LogP contribution in [0.5, 0.6) is 0 Å². The van der Waals surface area contributed by atoms with Crippen LogP contribution in [0.1, 0.15) is 43.8 Å². The van der Waals surface area contributed by atoms with Crippen LogP contribution in [0, 0.1) is 24.7 Å². The minimum Gasteiger partial charge on any atom is -0.356 e. The number of carbonyl (C=O) groups excluding carboxylic acids is 1. The summed E-state index contributed by atoms with van der Waals surface area (Å²) < 4.78 is 0. The number of rotatable bonds is 3. The summed E-state index contributed by atoms with van der Waals surface area (Å²) in [6.45, 7) is 10.2. The highest BCUT2D eigenvalue weighted by Gasteiger charge is 2.42. The molecular formula is C19H28N4O. The molecule has 2 aliphatic heterocycles. The normalized spacial score (nSPS) is 25.5. The second kappa shape index (κ2) is 6.01. The van der Waals surface area contributed by atoms with Crippen LogP contribution in [0.4, 0.5) is 5.82 Å². The maximum atomic E-state index is 12.3. The van der Waals surface area contributed by atoms with Crippen molar-refractivity contribution in [3.8, 4) is 0 Å². The van der Waals surface area contributed by atoms with Gasteiger partial charge in [-0.05, 0) is 32.1 Å². The van der Waals surface area contributed by atoms with Crippen LogP contribution < -0.4 is 4.90 Å². The fourth-order valence-electron chi connectivity index (χ4n) is 4.64. The fourth-order valence-corrected chi connectivity index (χ4v) is 4.64. The third-order valence-electron chi connectivity index (χ3n) is 5.74. The number of hydrogen-bond donors (Lipinski definition) is 0. The molecule has 4 rings (SSSR count). The summed E-state index contributed by atoms with van der Waals surface area (Å²) in [6, 6.07) is 0. The number of nitrogens with zero attached hydrogens (tertiary/aromatic N) is 4. The van der Waals surface area contributed by atoms with Gasteiger partial charge in [-0.15, -0.1) is 0 Å². The van der Waals surface area contributed by atoms with Crippen LogP contribution in [-0.2, 0) is 17.6 Å². The van der Waals surface area contributed by atoms with Crippen LogP contribution in [0.15, 0.2) is 0 Å². The van der Waals surface area contributed by atoms with Gasteiger partial charge >= 0.3 is 0 Å². The molecule has 0 bridgehead atoms. The SMILES string of the molecule is Cc1nc2c(c(N3CC4CN(C(=O)CC(C)C)CC4C3)n1)CCC2. The minimum absolute atomic E-state index is 0.338. The largest absolute Gasteiger partial charge is 0.356 e. The summed E-state index contributed by atoms with van der Waals surface area (Å²) in [5, 5.41) is 0. The molecule has 2 unspecified atom stereocenters. The number of anilines is 1. The first-order valence-corrected chi connectivity index (χ1v) is 9.40. The summed E-state index contributed by atoms with van der Waals surface area (Å²) >= 11 is 0. The Morgan fingerprint density at radius 1 is 1.12 bits per heavy atom. The Balaban J connectivity index is 1.46. The minimum atomic E-state index is 0.338. The summed E-state index contributed by atoms with van der Waals surface area (Å²) in [5.74, 6) is 4.08. The molecule has 0 saturated carbocycles. The molecule has 24 heavy (non-hydrogen) atoms. The Morgan fingerprint density at radius 3 is 2.50 bits per heavy atom. The third kappa shape index (κ3) is 2.78. The van der Waals surface area contributed by atoms with Crippen molar-refractivity contribution >= 4 is 11.7 Å². The summed E-state index contributed by atoms with van der Waals surface area (Å²) in [4.78, 5) is 26.3. The molecule has 1 aromatic heterocycles. The smallest absolute Gasteiger partial charge is 0.222 e. The quantitative estimate of drug-likeness (QED) is 0.854. The second-order valence-electron chi connectivity index (χ2n) is 8.20. The summed E-state index contributed by atoms with van der Waals surface area (Å²) in [5.41, 5.74) is 2.65. The third-order valence-corrected chi connectivity index (χ3v) is 5.74. The van der Waals surface area contributed by atoms with Gasteiger partial charge in [-0.2, -0.15) is 0 Å². The molecule has 1 aromatic rings. The average molecular weight is 328 g/mol. The number of carbonyl (C=O) groups is 1. The van der Waals surface area contributed by atoms with Gasteiger partial charge in [0.15, 0.2) is 0 Å². The van der Waals surface area contributed by atoms with Crippen LogP contribution >= 0.6 is 0 Å². The first kappa shape index (κ1) is 15.9. The number of fused-ring (bicyclic) bond motifs is 2. The molecule has 130 valence electrons. The first-order valence-electron chi connectivity index (χ1n) is 9.40. The molecule has 0 radical (unpaired) electrons. The highest BCUT2D eigenvalue weighted by Crippen LogP contribution is 2.37. The van der Waals surface area contributed by atoms with Crippen molar-refractivity contribution in [1.82, 2.24) is 14.9 Å². The van der Waals surface area contributed by atoms with Gasteiger partial charge in [0.2, 0.25) is 5.91 Å². The lowest BCUT2D eigenvalue weighted by Crippen LogP contribution is -2.34. The van der Waals surface area contributed by atoms with Gasteiger partial charge in [0.25, 0.3) is 0 Å². The zero-order chi connectivity index (χ0) is 16.8. The monoisotopic (exact) mass is 328 g/mol. The Bertz CT molecular complexity index is 643. The Labute approximate surface area is 144 Å². The van der Waals surface area contributed by atoms with Crippen LogP contribution in [0.3, 0.4) is 0 Å². The van der Waals surface area contributed by atoms with E-state index in [2.05, 4.69) is 28.6 Å². The summed E-state index contributed by atoms with van der Waals surface area (Å²) in [6.07, 6.45) is 4.11. The highest BCUT2D eigenvalue weighted by molar-refractivity contribution is 5.76. The molecular weight excluding hydrogens is 300 g/mol. The van der Waals surface area contributed by atoms with Crippen molar-refractivity contribution in [2.75, 3.05) is 31.1 Å². The van der Waals surface area contributed by atoms with Crippen LogP contribution in [0.2, 0.25) is 0 Å². The van der Waals surface area contributed by atoms with Crippen molar-refractivity contribution in [2.24, 2.45) is 17.8 Å². The van der Waals surface area contributed by atoms with E-state index >= 15 is 0 Å². The van der Waals surface area contributed by atoms with E-state index in [1.54, 1.807) is 0 Å². The van der Waals surface area contributed by atoms with Gasteiger partial charge in [-0.3, -0.25) is 4.79 Å². The molecule has 0 spiro atoms. The molecule has 2 saturated heterocycles. The van der Waals surface area contributed by atoms with Gasteiger partial charge in [-0.25, -0.2) is 9.97 Å².